The Morgan fingerprint density at radius 1 is 0.926 bits per heavy atom. The van der Waals surface area contributed by atoms with Gasteiger partial charge >= 0.3 is 0 Å². The number of aryl methyl sites for hydroxylation is 1. The van der Waals surface area contributed by atoms with E-state index in [1.807, 2.05) is 43.3 Å². The molecule has 6 N–H and O–H groups in total. The molecule has 0 atom stereocenters. The molecule has 27 heavy (non-hydrogen) atoms. The van der Waals surface area contributed by atoms with Crippen molar-refractivity contribution in [3.8, 4) is 11.1 Å². The Hall–Kier alpha value is -3.28. The molecule has 0 aliphatic rings. The number of aromatic nitrogens is 2. The molecule has 1 heterocycles. The number of nitrogen functional groups attached to an aromatic ring is 3. The summed E-state index contributed by atoms with van der Waals surface area (Å²) in [6, 6.07) is 16.3. The van der Waals surface area contributed by atoms with Crippen LogP contribution in [0.15, 0.2) is 48.5 Å². The molecule has 140 valence electrons. The van der Waals surface area contributed by atoms with E-state index in [2.05, 4.69) is 33.9 Å². The molecule has 6 heteroatoms. The van der Waals surface area contributed by atoms with Crippen LogP contribution in [0.2, 0.25) is 0 Å². The third-order valence-electron chi connectivity index (χ3n) is 4.62. The van der Waals surface area contributed by atoms with Gasteiger partial charge in [0.2, 0.25) is 5.95 Å². The minimum absolute atomic E-state index is 0.192. The summed E-state index contributed by atoms with van der Waals surface area (Å²) in [6.07, 6.45) is 0.711. The standard InChI is InChI=1S/C21H26N6/c1-3-17-19(20(23)26-21(24)25-17)15-10-11-18(16(22)12-15)27(4-2)13-14-8-6-5-7-9-14/h5-12H,3-4,13,22H2,1-2H3,(H4,23,24,25,26). The molecule has 0 radical (unpaired) electrons. The molecular formula is C21H26N6. The van der Waals surface area contributed by atoms with Gasteiger partial charge in [0.05, 0.1) is 17.1 Å². The van der Waals surface area contributed by atoms with E-state index in [0.29, 0.717) is 17.9 Å². The lowest BCUT2D eigenvalue weighted by molar-refractivity contribution is 0.833. The number of rotatable bonds is 6. The Balaban J connectivity index is 1.96. The molecule has 0 amide bonds. The van der Waals surface area contributed by atoms with E-state index in [-0.39, 0.29) is 5.95 Å². The molecule has 0 fully saturated rings. The van der Waals surface area contributed by atoms with Crippen molar-refractivity contribution in [2.24, 2.45) is 0 Å². The first-order chi connectivity index (χ1) is 13.0. The van der Waals surface area contributed by atoms with Crippen LogP contribution in [0.5, 0.6) is 0 Å². The van der Waals surface area contributed by atoms with Crippen molar-refractivity contribution in [1.29, 1.82) is 0 Å². The maximum atomic E-state index is 6.41. The van der Waals surface area contributed by atoms with Crippen LogP contribution in [0.25, 0.3) is 11.1 Å². The van der Waals surface area contributed by atoms with Gasteiger partial charge in [-0.2, -0.15) is 4.98 Å². The number of nitrogens with zero attached hydrogens (tertiary/aromatic N) is 3. The zero-order chi connectivity index (χ0) is 19.4. The van der Waals surface area contributed by atoms with Gasteiger partial charge < -0.3 is 22.1 Å². The average Bonchev–Trinajstić information content (AvgIpc) is 2.66. The van der Waals surface area contributed by atoms with E-state index < -0.39 is 0 Å². The monoisotopic (exact) mass is 362 g/mol. The normalized spacial score (nSPS) is 10.7. The van der Waals surface area contributed by atoms with Crippen LogP contribution in [0, 0.1) is 0 Å². The Kier molecular flexibility index (Phi) is 5.45. The Morgan fingerprint density at radius 2 is 1.67 bits per heavy atom. The molecule has 0 bridgehead atoms. The number of hydrogen-bond acceptors (Lipinski definition) is 6. The van der Waals surface area contributed by atoms with Gasteiger partial charge in [-0.05, 0) is 36.6 Å². The summed E-state index contributed by atoms with van der Waals surface area (Å²) in [4.78, 5) is 10.7. The summed E-state index contributed by atoms with van der Waals surface area (Å²) in [6.45, 7) is 5.79. The predicted molar refractivity (Wildman–Crippen MR) is 113 cm³/mol. The molecule has 1 aromatic heterocycles. The lowest BCUT2D eigenvalue weighted by Crippen LogP contribution is -2.23. The fraction of sp³-hybridized carbons (Fsp3) is 0.238. The SMILES string of the molecule is CCc1nc(N)nc(N)c1-c1ccc(N(CC)Cc2ccccc2)c(N)c1. The van der Waals surface area contributed by atoms with Crippen LogP contribution in [-0.2, 0) is 13.0 Å². The first-order valence-corrected chi connectivity index (χ1v) is 9.14. The third kappa shape index (κ3) is 3.95. The molecule has 3 rings (SSSR count). The van der Waals surface area contributed by atoms with Gasteiger partial charge in [0, 0.05) is 18.7 Å². The van der Waals surface area contributed by atoms with Crippen LogP contribution in [0.1, 0.15) is 25.1 Å². The lowest BCUT2D eigenvalue weighted by Gasteiger charge is -2.25. The van der Waals surface area contributed by atoms with E-state index in [9.17, 15) is 0 Å². The molecular weight excluding hydrogens is 336 g/mol. The minimum Gasteiger partial charge on any atom is -0.397 e. The van der Waals surface area contributed by atoms with Gasteiger partial charge in [-0.1, -0.05) is 43.3 Å². The fourth-order valence-corrected chi connectivity index (χ4v) is 3.29. The van der Waals surface area contributed by atoms with Crippen molar-refractivity contribution in [2.45, 2.75) is 26.8 Å². The van der Waals surface area contributed by atoms with Crippen LogP contribution < -0.4 is 22.1 Å². The lowest BCUT2D eigenvalue weighted by atomic mass is 10.0. The van der Waals surface area contributed by atoms with E-state index in [0.717, 1.165) is 35.6 Å². The Bertz CT molecular complexity index is 923. The molecule has 0 aliphatic carbocycles. The maximum Gasteiger partial charge on any atom is 0.222 e. The molecule has 3 aromatic rings. The number of hydrogen-bond donors (Lipinski definition) is 3. The zero-order valence-corrected chi connectivity index (χ0v) is 15.8. The van der Waals surface area contributed by atoms with Gasteiger partial charge in [0.1, 0.15) is 5.82 Å². The number of benzene rings is 2. The minimum atomic E-state index is 0.192. The highest BCUT2D eigenvalue weighted by molar-refractivity contribution is 5.82. The zero-order valence-electron chi connectivity index (χ0n) is 15.8. The molecule has 0 aliphatic heterocycles. The summed E-state index contributed by atoms with van der Waals surface area (Å²) in [5.74, 6) is 0.570. The fourth-order valence-electron chi connectivity index (χ4n) is 3.29. The first-order valence-electron chi connectivity index (χ1n) is 9.14. The molecule has 0 spiro atoms. The van der Waals surface area contributed by atoms with Crippen molar-refractivity contribution in [3.05, 3.63) is 59.8 Å². The summed E-state index contributed by atoms with van der Waals surface area (Å²) in [7, 11) is 0. The van der Waals surface area contributed by atoms with Crippen molar-refractivity contribution >= 4 is 23.1 Å². The molecule has 0 unspecified atom stereocenters. The van der Waals surface area contributed by atoms with E-state index in [1.165, 1.54) is 5.56 Å². The van der Waals surface area contributed by atoms with Gasteiger partial charge in [0.15, 0.2) is 0 Å². The van der Waals surface area contributed by atoms with Gasteiger partial charge in [-0.3, -0.25) is 0 Å². The van der Waals surface area contributed by atoms with Crippen LogP contribution in [-0.4, -0.2) is 16.5 Å². The average molecular weight is 362 g/mol. The quantitative estimate of drug-likeness (QED) is 0.580. The van der Waals surface area contributed by atoms with E-state index in [1.54, 1.807) is 0 Å². The van der Waals surface area contributed by atoms with Gasteiger partial charge in [-0.25, -0.2) is 4.98 Å². The topological polar surface area (TPSA) is 107 Å². The maximum absolute atomic E-state index is 6.41. The molecule has 0 saturated carbocycles. The van der Waals surface area contributed by atoms with Crippen molar-refractivity contribution in [3.63, 3.8) is 0 Å². The highest BCUT2D eigenvalue weighted by Crippen LogP contribution is 2.34. The number of nitrogens with two attached hydrogens (primary N) is 3. The first kappa shape index (κ1) is 18.5. The van der Waals surface area contributed by atoms with Gasteiger partial charge in [0.25, 0.3) is 0 Å². The molecule has 2 aromatic carbocycles. The summed E-state index contributed by atoms with van der Waals surface area (Å²) in [5, 5.41) is 0. The highest BCUT2D eigenvalue weighted by Gasteiger charge is 2.15. The smallest absolute Gasteiger partial charge is 0.222 e. The van der Waals surface area contributed by atoms with Crippen LogP contribution >= 0.6 is 0 Å². The number of anilines is 4. The van der Waals surface area contributed by atoms with E-state index >= 15 is 0 Å². The van der Waals surface area contributed by atoms with Crippen molar-refractivity contribution in [2.75, 3.05) is 28.6 Å². The van der Waals surface area contributed by atoms with E-state index in [4.69, 9.17) is 17.2 Å². The van der Waals surface area contributed by atoms with Crippen molar-refractivity contribution < 1.29 is 0 Å². The summed E-state index contributed by atoms with van der Waals surface area (Å²) in [5.41, 5.74) is 23.7. The van der Waals surface area contributed by atoms with Gasteiger partial charge in [-0.15, -0.1) is 0 Å². The van der Waals surface area contributed by atoms with Crippen LogP contribution in [0.3, 0.4) is 0 Å². The second-order valence-corrected chi connectivity index (χ2v) is 6.42. The Labute approximate surface area is 160 Å². The third-order valence-corrected chi connectivity index (χ3v) is 4.62. The largest absolute Gasteiger partial charge is 0.397 e. The Morgan fingerprint density at radius 3 is 2.30 bits per heavy atom. The molecule has 0 saturated heterocycles. The second kappa shape index (κ2) is 7.95. The second-order valence-electron chi connectivity index (χ2n) is 6.42. The highest BCUT2D eigenvalue weighted by atomic mass is 15.1. The summed E-state index contributed by atoms with van der Waals surface area (Å²) >= 11 is 0. The van der Waals surface area contributed by atoms with Crippen molar-refractivity contribution in [1.82, 2.24) is 9.97 Å². The predicted octanol–water partition coefficient (Wildman–Crippen LogP) is 3.48. The molecule has 6 nitrogen and oxygen atoms in total. The van der Waals surface area contributed by atoms with Crippen LogP contribution in [0.4, 0.5) is 23.1 Å². The summed E-state index contributed by atoms with van der Waals surface area (Å²) < 4.78 is 0.